The summed E-state index contributed by atoms with van der Waals surface area (Å²) >= 11 is 6.09. The number of sulfonamides is 1. The van der Waals surface area contributed by atoms with Gasteiger partial charge in [0.2, 0.25) is 10.0 Å². The van der Waals surface area contributed by atoms with E-state index in [1.165, 1.54) is 12.1 Å². The van der Waals surface area contributed by atoms with Crippen molar-refractivity contribution < 1.29 is 22.7 Å². The molecule has 33 heavy (non-hydrogen) atoms. The standard InChI is InChI=1S/C22H22ClN3O6S/c1-13-4-2-6-16-20(13)25-19(26-21(16)27)12-32-22(28)14-7-8-17(23)18(10-14)33(29,30)24-11-15-5-3-9-31-15/h2,4,6-8,10,15,24H,3,5,9,11-12H2,1H3,(H,25,26,27). The van der Waals surface area contributed by atoms with Gasteiger partial charge >= 0.3 is 5.97 Å². The summed E-state index contributed by atoms with van der Waals surface area (Å²) in [5.74, 6) is -0.607. The van der Waals surface area contributed by atoms with Gasteiger partial charge in [-0.25, -0.2) is 22.9 Å². The van der Waals surface area contributed by atoms with E-state index in [-0.39, 0.29) is 46.1 Å². The number of ether oxygens (including phenoxy) is 2. The Balaban J connectivity index is 1.49. The minimum atomic E-state index is -3.97. The van der Waals surface area contributed by atoms with Gasteiger partial charge in [-0.3, -0.25) is 4.79 Å². The molecule has 1 fully saturated rings. The third kappa shape index (κ3) is 5.25. The van der Waals surface area contributed by atoms with E-state index in [2.05, 4.69) is 14.7 Å². The summed E-state index contributed by atoms with van der Waals surface area (Å²) in [6.07, 6.45) is 1.46. The highest BCUT2D eigenvalue weighted by molar-refractivity contribution is 7.89. The third-order valence-corrected chi connectivity index (χ3v) is 7.21. The number of nitrogens with one attached hydrogen (secondary N) is 2. The summed E-state index contributed by atoms with van der Waals surface area (Å²) in [4.78, 5) is 31.6. The van der Waals surface area contributed by atoms with Crippen LogP contribution in [0.3, 0.4) is 0 Å². The lowest BCUT2D eigenvalue weighted by Crippen LogP contribution is -2.32. The summed E-state index contributed by atoms with van der Waals surface area (Å²) in [6.45, 7) is 2.26. The second kappa shape index (κ2) is 9.60. The van der Waals surface area contributed by atoms with E-state index in [4.69, 9.17) is 21.1 Å². The van der Waals surface area contributed by atoms with Crippen molar-refractivity contribution in [1.29, 1.82) is 0 Å². The Bertz CT molecular complexity index is 1370. The first-order valence-corrected chi connectivity index (χ1v) is 12.2. The number of carbonyl (C=O) groups is 1. The molecule has 1 atom stereocenters. The number of hydrogen-bond donors (Lipinski definition) is 2. The quantitative estimate of drug-likeness (QED) is 0.486. The maximum Gasteiger partial charge on any atom is 0.338 e. The SMILES string of the molecule is Cc1cccc2c(=O)[nH]c(COC(=O)c3ccc(Cl)c(S(=O)(=O)NCC4CCCO4)c3)nc12. The number of rotatable bonds is 7. The van der Waals surface area contributed by atoms with Crippen LogP contribution in [-0.2, 0) is 26.1 Å². The minimum absolute atomic E-state index is 0.00351. The number of aromatic nitrogens is 2. The van der Waals surface area contributed by atoms with Crippen molar-refractivity contribution in [2.75, 3.05) is 13.2 Å². The van der Waals surface area contributed by atoms with Crippen LogP contribution in [0.5, 0.6) is 0 Å². The fourth-order valence-electron chi connectivity index (χ4n) is 3.56. The number of fused-ring (bicyclic) bond motifs is 1. The number of para-hydroxylation sites is 1. The van der Waals surface area contributed by atoms with Crippen LogP contribution in [-0.4, -0.2) is 43.6 Å². The van der Waals surface area contributed by atoms with Crippen molar-refractivity contribution in [1.82, 2.24) is 14.7 Å². The predicted octanol–water partition coefficient (Wildman–Crippen LogP) is 2.70. The number of H-pyrrole nitrogens is 1. The smallest absolute Gasteiger partial charge is 0.338 e. The van der Waals surface area contributed by atoms with E-state index in [9.17, 15) is 18.0 Å². The number of aromatic amines is 1. The molecule has 0 spiro atoms. The lowest BCUT2D eigenvalue weighted by atomic mass is 10.1. The first-order chi connectivity index (χ1) is 15.7. The molecule has 4 rings (SSSR count). The van der Waals surface area contributed by atoms with E-state index in [1.54, 1.807) is 12.1 Å². The van der Waals surface area contributed by atoms with Gasteiger partial charge in [-0.15, -0.1) is 0 Å². The molecular weight excluding hydrogens is 470 g/mol. The molecule has 0 radical (unpaired) electrons. The van der Waals surface area contributed by atoms with Crippen LogP contribution in [0.15, 0.2) is 46.1 Å². The van der Waals surface area contributed by atoms with E-state index in [0.717, 1.165) is 24.5 Å². The van der Waals surface area contributed by atoms with Crippen LogP contribution >= 0.6 is 11.6 Å². The van der Waals surface area contributed by atoms with Gasteiger partial charge in [-0.1, -0.05) is 23.7 Å². The second-order valence-corrected chi connectivity index (χ2v) is 9.83. The molecule has 174 valence electrons. The van der Waals surface area contributed by atoms with Gasteiger partial charge in [0.25, 0.3) is 5.56 Å². The van der Waals surface area contributed by atoms with Crippen LogP contribution in [0.2, 0.25) is 5.02 Å². The second-order valence-electron chi connectivity index (χ2n) is 7.69. The highest BCUT2D eigenvalue weighted by Gasteiger charge is 2.24. The molecule has 3 aromatic rings. The number of nitrogens with zero attached hydrogens (tertiary/aromatic N) is 1. The Labute approximate surface area is 195 Å². The summed E-state index contributed by atoms with van der Waals surface area (Å²) in [6, 6.07) is 9.09. The lowest BCUT2D eigenvalue weighted by molar-refractivity contribution is 0.0462. The molecule has 1 aromatic heterocycles. The zero-order chi connectivity index (χ0) is 23.6. The van der Waals surface area contributed by atoms with E-state index in [0.29, 0.717) is 17.5 Å². The van der Waals surface area contributed by atoms with Crippen LogP contribution in [0, 0.1) is 6.92 Å². The highest BCUT2D eigenvalue weighted by atomic mass is 35.5. The molecule has 1 saturated heterocycles. The van der Waals surface area contributed by atoms with Crippen molar-refractivity contribution in [3.63, 3.8) is 0 Å². The molecule has 9 nitrogen and oxygen atoms in total. The largest absolute Gasteiger partial charge is 0.454 e. The van der Waals surface area contributed by atoms with Gasteiger partial charge in [-0.2, -0.15) is 0 Å². The maximum atomic E-state index is 12.7. The lowest BCUT2D eigenvalue weighted by Gasteiger charge is -2.13. The molecule has 1 aliphatic heterocycles. The molecule has 11 heteroatoms. The Morgan fingerprint density at radius 2 is 2.15 bits per heavy atom. The average Bonchev–Trinajstić information content (AvgIpc) is 3.31. The van der Waals surface area contributed by atoms with Gasteiger partial charge in [0.05, 0.1) is 27.6 Å². The summed E-state index contributed by atoms with van der Waals surface area (Å²) < 4.78 is 38.6. The molecule has 2 heterocycles. The van der Waals surface area contributed by atoms with Crippen LogP contribution < -0.4 is 10.3 Å². The van der Waals surface area contributed by atoms with Gasteiger partial charge in [0.15, 0.2) is 0 Å². The highest BCUT2D eigenvalue weighted by Crippen LogP contribution is 2.24. The topological polar surface area (TPSA) is 127 Å². The summed E-state index contributed by atoms with van der Waals surface area (Å²) in [5.41, 5.74) is 0.988. The van der Waals surface area contributed by atoms with Crippen LogP contribution in [0.1, 0.15) is 34.6 Å². The number of esters is 1. The number of aryl methyl sites for hydroxylation is 1. The first kappa shape index (κ1) is 23.4. The molecule has 2 N–H and O–H groups in total. The molecule has 0 amide bonds. The molecule has 1 aliphatic rings. The average molecular weight is 492 g/mol. The van der Waals surface area contributed by atoms with Gasteiger partial charge < -0.3 is 14.5 Å². The first-order valence-electron chi connectivity index (χ1n) is 10.3. The monoisotopic (exact) mass is 491 g/mol. The Morgan fingerprint density at radius 3 is 2.91 bits per heavy atom. The van der Waals surface area contributed by atoms with E-state index < -0.39 is 16.0 Å². The summed E-state index contributed by atoms with van der Waals surface area (Å²) in [7, 11) is -3.97. The Hall–Kier alpha value is -2.79. The normalized spacial score (nSPS) is 16.2. The number of carbonyl (C=O) groups excluding carboxylic acids is 1. The molecule has 1 unspecified atom stereocenters. The Morgan fingerprint density at radius 1 is 1.33 bits per heavy atom. The fourth-order valence-corrected chi connectivity index (χ4v) is 5.15. The molecular formula is C22H22ClN3O6S. The van der Waals surface area contributed by atoms with Crippen molar-refractivity contribution in [3.8, 4) is 0 Å². The maximum absolute atomic E-state index is 12.7. The van der Waals surface area contributed by atoms with Crippen molar-refractivity contribution >= 4 is 38.5 Å². The number of halogens is 1. The van der Waals surface area contributed by atoms with Gasteiger partial charge in [-0.05, 0) is 49.6 Å². The van der Waals surface area contributed by atoms with E-state index in [1.807, 2.05) is 13.0 Å². The molecule has 2 aromatic carbocycles. The summed E-state index contributed by atoms with van der Waals surface area (Å²) in [5, 5.41) is 0.413. The molecule has 0 aliphatic carbocycles. The minimum Gasteiger partial charge on any atom is -0.454 e. The van der Waals surface area contributed by atoms with Crippen molar-refractivity contribution in [2.45, 2.75) is 37.4 Å². The van der Waals surface area contributed by atoms with Gasteiger partial charge in [0.1, 0.15) is 17.3 Å². The van der Waals surface area contributed by atoms with E-state index >= 15 is 0 Å². The predicted molar refractivity (Wildman–Crippen MR) is 122 cm³/mol. The fraction of sp³-hybridized carbons (Fsp3) is 0.318. The zero-order valence-electron chi connectivity index (χ0n) is 17.8. The van der Waals surface area contributed by atoms with Gasteiger partial charge in [0, 0.05) is 13.2 Å². The molecule has 0 saturated carbocycles. The zero-order valence-corrected chi connectivity index (χ0v) is 19.3. The van der Waals surface area contributed by atoms with Crippen LogP contribution in [0.4, 0.5) is 0 Å². The third-order valence-electron chi connectivity index (χ3n) is 5.31. The van der Waals surface area contributed by atoms with Crippen molar-refractivity contribution in [3.05, 3.63) is 68.7 Å². The number of hydrogen-bond acceptors (Lipinski definition) is 7. The Kier molecular flexibility index (Phi) is 6.80. The number of benzene rings is 2. The van der Waals surface area contributed by atoms with Crippen LogP contribution in [0.25, 0.3) is 10.9 Å². The van der Waals surface area contributed by atoms with Crippen molar-refractivity contribution in [2.24, 2.45) is 0 Å². The molecule has 0 bridgehead atoms.